The summed E-state index contributed by atoms with van der Waals surface area (Å²) in [5.41, 5.74) is -0.158. The third-order valence-corrected chi connectivity index (χ3v) is 5.25. The smallest absolute Gasteiger partial charge is 0.412 e. The maximum atomic E-state index is 11.7. The molecule has 0 unspecified atom stereocenters. The number of anilines is 1. The van der Waals surface area contributed by atoms with Gasteiger partial charge in [0.1, 0.15) is 12.2 Å². The van der Waals surface area contributed by atoms with Gasteiger partial charge in [0.2, 0.25) is 5.88 Å². The van der Waals surface area contributed by atoms with E-state index >= 15 is 0 Å². The van der Waals surface area contributed by atoms with E-state index in [9.17, 15) is 13.2 Å². The number of carbonyl (C=O) groups excluding carboxylic acids is 1. The number of likely N-dealkylation sites (N-methyl/N-ethyl adjacent to an activating group) is 1. The van der Waals surface area contributed by atoms with E-state index < -0.39 is 21.9 Å². The molecule has 1 aliphatic rings. The third-order valence-electron chi connectivity index (χ3n) is 3.08. The minimum Gasteiger partial charge on any atom is -0.475 e. The highest BCUT2D eigenvalue weighted by Crippen LogP contribution is 2.26. The molecule has 1 fully saturated rings. The number of halogens is 1. The molecule has 0 radical (unpaired) electrons. The van der Waals surface area contributed by atoms with E-state index in [4.69, 9.17) is 9.47 Å². The minimum absolute atomic E-state index is 0.133. The molecule has 0 aromatic carbocycles. The van der Waals surface area contributed by atoms with Gasteiger partial charge < -0.3 is 9.47 Å². The largest absolute Gasteiger partial charge is 0.475 e. The van der Waals surface area contributed by atoms with Gasteiger partial charge in [-0.05, 0) is 42.8 Å². The highest BCUT2D eigenvalue weighted by Gasteiger charge is 2.32. The van der Waals surface area contributed by atoms with Crippen molar-refractivity contribution in [3.05, 3.63) is 16.7 Å². The van der Waals surface area contributed by atoms with Gasteiger partial charge in [-0.1, -0.05) is 0 Å². The number of nitrogens with one attached hydrogen (secondary N) is 2. The molecule has 25 heavy (non-hydrogen) atoms. The van der Waals surface area contributed by atoms with Crippen LogP contribution in [0.3, 0.4) is 0 Å². The molecule has 11 heteroatoms. The van der Waals surface area contributed by atoms with Crippen molar-refractivity contribution < 1.29 is 22.7 Å². The fourth-order valence-electron chi connectivity index (χ4n) is 2.03. The lowest BCUT2D eigenvalue weighted by atomic mass is 10.2. The summed E-state index contributed by atoms with van der Waals surface area (Å²) in [6.07, 6.45) is 0.841. The number of carbonyl (C=O) groups is 1. The molecule has 0 spiro atoms. The Bertz CT molecular complexity index is 750. The van der Waals surface area contributed by atoms with Crippen molar-refractivity contribution in [2.75, 3.05) is 25.5 Å². The SMILES string of the molecule is CN1C[C@@H](COc2ncc(NC(=O)OC(C)(C)C)cc2Br)NS1(=O)=O. The molecular weight excluding hydrogens is 416 g/mol. The first-order valence-corrected chi connectivity index (χ1v) is 9.71. The molecule has 1 amide bonds. The highest BCUT2D eigenvalue weighted by atomic mass is 79.9. The Morgan fingerprint density at radius 2 is 2.20 bits per heavy atom. The molecule has 1 aromatic heterocycles. The summed E-state index contributed by atoms with van der Waals surface area (Å²) >= 11 is 3.31. The van der Waals surface area contributed by atoms with Gasteiger partial charge in [-0.2, -0.15) is 17.4 Å². The third kappa shape index (κ3) is 5.80. The van der Waals surface area contributed by atoms with Crippen LogP contribution in [-0.2, 0) is 14.9 Å². The second-order valence-electron chi connectivity index (χ2n) is 6.55. The molecule has 0 bridgehead atoms. The van der Waals surface area contributed by atoms with Crippen LogP contribution in [0.15, 0.2) is 16.7 Å². The van der Waals surface area contributed by atoms with Crippen molar-refractivity contribution in [3.63, 3.8) is 0 Å². The maximum Gasteiger partial charge on any atom is 0.412 e. The Morgan fingerprint density at radius 3 is 2.72 bits per heavy atom. The Morgan fingerprint density at radius 1 is 1.52 bits per heavy atom. The van der Waals surface area contributed by atoms with Gasteiger partial charge in [0, 0.05) is 13.6 Å². The van der Waals surface area contributed by atoms with Crippen molar-refractivity contribution in [2.45, 2.75) is 32.4 Å². The topological polar surface area (TPSA) is 110 Å². The quantitative estimate of drug-likeness (QED) is 0.743. The van der Waals surface area contributed by atoms with Gasteiger partial charge in [0.15, 0.2) is 0 Å². The minimum atomic E-state index is -3.41. The zero-order chi connectivity index (χ0) is 18.8. The van der Waals surface area contributed by atoms with E-state index in [1.54, 1.807) is 26.8 Å². The molecule has 2 rings (SSSR count). The lowest BCUT2D eigenvalue weighted by Crippen LogP contribution is -2.32. The van der Waals surface area contributed by atoms with Gasteiger partial charge in [0.05, 0.1) is 22.4 Å². The molecule has 1 atom stereocenters. The van der Waals surface area contributed by atoms with Crippen LogP contribution in [0.25, 0.3) is 0 Å². The summed E-state index contributed by atoms with van der Waals surface area (Å²) in [5, 5.41) is 2.57. The fourth-order valence-corrected chi connectivity index (χ4v) is 3.62. The number of amides is 1. The number of ether oxygens (including phenoxy) is 2. The maximum absolute atomic E-state index is 11.7. The molecular formula is C14H21BrN4O5S. The van der Waals surface area contributed by atoms with E-state index in [0.717, 1.165) is 0 Å². The van der Waals surface area contributed by atoms with Crippen LogP contribution in [0.4, 0.5) is 10.5 Å². The van der Waals surface area contributed by atoms with Crippen molar-refractivity contribution in [2.24, 2.45) is 0 Å². The lowest BCUT2D eigenvalue weighted by Gasteiger charge is -2.19. The van der Waals surface area contributed by atoms with Gasteiger partial charge in [-0.15, -0.1) is 0 Å². The molecule has 0 saturated carbocycles. The standard InChI is InChI=1S/C14H21BrN4O5S/c1-14(2,3)24-13(20)17-9-5-11(15)12(16-6-9)23-8-10-7-19(4)25(21,22)18-10/h5-6,10,18H,7-8H2,1-4H3,(H,17,20)/t10-/m0/s1. The summed E-state index contributed by atoms with van der Waals surface area (Å²) in [7, 11) is -1.92. The normalized spacial score (nSPS) is 20.3. The summed E-state index contributed by atoms with van der Waals surface area (Å²) in [5.74, 6) is 0.295. The number of pyridine rings is 1. The Balaban J connectivity index is 1.93. The van der Waals surface area contributed by atoms with Gasteiger partial charge in [0.25, 0.3) is 10.2 Å². The lowest BCUT2D eigenvalue weighted by molar-refractivity contribution is 0.0636. The van der Waals surface area contributed by atoms with Crippen molar-refractivity contribution in [1.29, 1.82) is 0 Å². The van der Waals surface area contributed by atoms with Crippen molar-refractivity contribution in [1.82, 2.24) is 14.0 Å². The first-order chi connectivity index (χ1) is 11.5. The predicted octanol–water partition coefficient (Wildman–Crippen LogP) is 1.72. The summed E-state index contributed by atoms with van der Waals surface area (Å²) in [6, 6.07) is 1.26. The van der Waals surface area contributed by atoms with Crippen LogP contribution < -0.4 is 14.8 Å². The van der Waals surface area contributed by atoms with Crippen LogP contribution >= 0.6 is 15.9 Å². The van der Waals surface area contributed by atoms with Crippen LogP contribution in [0.5, 0.6) is 5.88 Å². The number of hydrogen-bond acceptors (Lipinski definition) is 6. The highest BCUT2D eigenvalue weighted by molar-refractivity contribution is 9.10. The monoisotopic (exact) mass is 436 g/mol. The molecule has 2 N–H and O–H groups in total. The Hall–Kier alpha value is -1.43. The number of aromatic nitrogens is 1. The fraction of sp³-hybridized carbons (Fsp3) is 0.571. The number of nitrogens with zero attached hydrogens (tertiary/aromatic N) is 2. The summed E-state index contributed by atoms with van der Waals surface area (Å²) in [4.78, 5) is 15.9. The summed E-state index contributed by atoms with van der Waals surface area (Å²) < 4.78 is 38.1. The van der Waals surface area contributed by atoms with E-state index in [0.29, 0.717) is 22.6 Å². The van der Waals surface area contributed by atoms with E-state index in [2.05, 4.69) is 31.0 Å². The molecule has 1 aromatic rings. The molecule has 1 aliphatic heterocycles. The average Bonchev–Trinajstić information content (AvgIpc) is 2.69. The van der Waals surface area contributed by atoms with Crippen molar-refractivity contribution in [3.8, 4) is 5.88 Å². The zero-order valence-electron chi connectivity index (χ0n) is 14.4. The molecule has 140 valence electrons. The molecule has 2 heterocycles. The average molecular weight is 437 g/mol. The Labute approximate surface area is 155 Å². The van der Waals surface area contributed by atoms with Crippen LogP contribution in [-0.4, -0.2) is 55.6 Å². The molecule has 1 saturated heterocycles. The zero-order valence-corrected chi connectivity index (χ0v) is 16.8. The van der Waals surface area contributed by atoms with E-state index in [1.165, 1.54) is 17.5 Å². The first-order valence-electron chi connectivity index (χ1n) is 7.48. The second-order valence-corrected chi connectivity index (χ2v) is 9.21. The van der Waals surface area contributed by atoms with Crippen molar-refractivity contribution >= 4 is 37.9 Å². The number of hydrogen-bond donors (Lipinski definition) is 2. The van der Waals surface area contributed by atoms with E-state index in [1.807, 2.05) is 0 Å². The van der Waals surface area contributed by atoms with Crippen LogP contribution in [0, 0.1) is 0 Å². The second kappa shape index (κ2) is 7.44. The number of rotatable bonds is 4. The van der Waals surface area contributed by atoms with E-state index in [-0.39, 0.29) is 12.6 Å². The van der Waals surface area contributed by atoms with Gasteiger partial charge >= 0.3 is 6.09 Å². The van der Waals surface area contributed by atoms with Gasteiger partial charge in [-0.3, -0.25) is 5.32 Å². The van der Waals surface area contributed by atoms with Crippen LogP contribution in [0.2, 0.25) is 0 Å². The van der Waals surface area contributed by atoms with Crippen LogP contribution in [0.1, 0.15) is 20.8 Å². The molecule has 9 nitrogen and oxygen atoms in total. The summed E-state index contributed by atoms with van der Waals surface area (Å²) in [6.45, 7) is 5.76. The predicted molar refractivity (Wildman–Crippen MR) is 95.8 cm³/mol. The first kappa shape index (κ1) is 19.9. The Kier molecular flexibility index (Phi) is 5.92. The van der Waals surface area contributed by atoms with Gasteiger partial charge in [-0.25, -0.2) is 9.78 Å². The molecule has 0 aliphatic carbocycles.